The molecule has 0 radical (unpaired) electrons. The Kier molecular flexibility index (Phi) is 5.51. The molecule has 6 heteroatoms. The molecule has 0 saturated carbocycles. The van der Waals surface area contributed by atoms with Gasteiger partial charge in [-0.2, -0.15) is 0 Å². The number of alkyl halides is 1. The number of hydrogen-bond donors (Lipinski definition) is 1. The smallest absolute Gasteiger partial charge is 0.260 e. The van der Waals surface area contributed by atoms with E-state index in [1.807, 2.05) is 36.4 Å². The zero-order chi connectivity index (χ0) is 18.4. The van der Waals surface area contributed by atoms with Crippen molar-refractivity contribution in [1.82, 2.24) is 10.2 Å². The Labute approximate surface area is 151 Å². The van der Waals surface area contributed by atoms with E-state index in [1.165, 1.54) is 4.90 Å². The first-order chi connectivity index (χ1) is 12.6. The van der Waals surface area contributed by atoms with Crippen molar-refractivity contribution < 1.29 is 18.7 Å². The highest BCUT2D eigenvalue weighted by Gasteiger charge is 2.46. The molecule has 1 unspecified atom stereocenters. The van der Waals surface area contributed by atoms with Crippen molar-refractivity contribution in [1.29, 1.82) is 0 Å². The number of rotatable bonds is 6. The molecule has 1 aliphatic rings. The maximum absolute atomic E-state index is 14.9. The van der Waals surface area contributed by atoms with E-state index in [9.17, 15) is 14.0 Å². The van der Waals surface area contributed by atoms with E-state index >= 15 is 0 Å². The Morgan fingerprint density at radius 3 is 2.42 bits per heavy atom. The van der Waals surface area contributed by atoms with Crippen molar-refractivity contribution in [3.05, 3.63) is 66.2 Å². The summed E-state index contributed by atoms with van der Waals surface area (Å²) < 4.78 is 20.3. The standard InChI is InChI=1S/C20H21FN2O3/c21-20(19(25)22-13-16-7-3-1-4-8-16)11-12-23(15-20)18(24)14-26-17-9-5-2-6-10-17/h1-10H,11-15H2,(H,22,25). The van der Waals surface area contributed by atoms with E-state index in [0.717, 1.165) is 5.56 Å². The van der Waals surface area contributed by atoms with Gasteiger partial charge in [-0.25, -0.2) is 4.39 Å². The minimum Gasteiger partial charge on any atom is -0.484 e. The van der Waals surface area contributed by atoms with Crippen LogP contribution in [0.3, 0.4) is 0 Å². The monoisotopic (exact) mass is 356 g/mol. The summed E-state index contributed by atoms with van der Waals surface area (Å²) in [7, 11) is 0. The second-order valence-corrected chi connectivity index (χ2v) is 6.30. The molecular formula is C20H21FN2O3. The fourth-order valence-electron chi connectivity index (χ4n) is 2.86. The quantitative estimate of drug-likeness (QED) is 0.864. The van der Waals surface area contributed by atoms with Crippen molar-refractivity contribution in [3.63, 3.8) is 0 Å². The van der Waals surface area contributed by atoms with Crippen LogP contribution < -0.4 is 10.1 Å². The van der Waals surface area contributed by atoms with Gasteiger partial charge in [-0.15, -0.1) is 0 Å². The first kappa shape index (κ1) is 17.9. The van der Waals surface area contributed by atoms with Crippen molar-refractivity contribution >= 4 is 11.8 Å². The number of nitrogens with zero attached hydrogens (tertiary/aromatic N) is 1. The normalized spacial score (nSPS) is 19.2. The van der Waals surface area contributed by atoms with Gasteiger partial charge in [-0.3, -0.25) is 9.59 Å². The zero-order valence-corrected chi connectivity index (χ0v) is 14.4. The largest absolute Gasteiger partial charge is 0.484 e. The molecule has 1 N–H and O–H groups in total. The number of nitrogens with one attached hydrogen (secondary N) is 1. The molecule has 136 valence electrons. The van der Waals surface area contributed by atoms with Crippen molar-refractivity contribution in [3.8, 4) is 5.75 Å². The van der Waals surface area contributed by atoms with E-state index in [1.54, 1.807) is 24.3 Å². The molecule has 0 spiro atoms. The summed E-state index contributed by atoms with van der Waals surface area (Å²) in [6, 6.07) is 18.2. The van der Waals surface area contributed by atoms with Gasteiger partial charge in [-0.1, -0.05) is 48.5 Å². The van der Waals surface area contributed by atoms with Gasteiger partial charge in [0.05, 0.1) is 6.54 Å². The molecule has 0 aliphatic carbocycles. The van der Waals surface area contributed by atoms with E-state index in [-0.39, 0.29) is 38.6 Å². The van der Waals surface area contributed by atoms with E-state index in [2.05, 4.69) is 5.32 Å². The lowest BCUT2D eigenvalue weighted by Gasteiger charge is -2.20. The van der Waals surface area contributed by atoms with Gasteiger partial charge in [-0.05, 0) is 17.7 Å². The molecule has 2 aromatic carbocycles. The van der Waals surface area contributed by atoms with Crippen molar-refractivity contribution in [2.24, 2.45) is 0 Å². The van der Waals surface area contributed by atoms with Crippen LogP contribution in [-0.2, 0) is 16.1 Å². The number of likely N-dealkylation sites (tertiary alicyclic amines) is 1. The molecule has 26 heavy (non-hydrogen) atoms. The molecule has 1 aliphatic heterocycles. The summed E-state index contributed by atoms with van der Waals surface area (Å²) in [6.07, 6.45) is -0.00923. The Morgan fingerprint density at radius 1 is 1.08 bits per heavy atom. The Morgan fingerprint density at radius 2 is 1.73 bits per heavy atom. The van der Waals surface area contributed by atoms with Crippen LogP contribution in [0.4, 0.5) is 4.39 Å². The summed E-state index contributed by atoms with van der Waals surface area (Å²) in [5.41, 5.74) is -1.16. The Bertz CT molecular complexity index is 754. The van der Waals surface area contributed by atoms with Crippen LogP contribution in [0.2, 0.25) is 0 Å². The fourth-order valence-corrected chi connectivity index (χ4v) is 2.86. The summed E-state index contributed by atoms with van der Waals surface area (Å²) in [5.74, 6) is -0.433. The molecular weight excluding hydrogens is 335 g/mol. The molecule has 5 nitrogen and oxygen atoms in total. The first-order valence-electron chi connectivity index (χ1n) is 8.54. The number of ether oxygens (including phenoxy) is 1. The predicted octanol–water partition coefficient (Wildman–Crippen LogP) is 2.32. The predicted molar refractivity (Wildman–Crippen MR) is 95.3 cm³/mol. The molecule has 2 amide bonds. The van der Waals surface area contributed by atoms with Gasteiger partial charge >= 0.3 is 0 Å². The lowest BCUT2D eigenvalue weighted by atomic mass is 10.0. The SMILES string of the molecule is O=C(COc1ccccc1)N1CCC(F)(C(=O)NCc2ccccc2)C1. The molecule has 2 aromatic rings. The van der Waals surface area contributed by atoms with Crippen LogP contribution in [0.25, 0.3) is 0 Å². The lowest BCUT2D eigenvalue weighted by Crippen LogP contribution is -2.46. The third-order valence-corrected chi connectivity index (χ3v) is 4.38. The number of halogens is 1. The second-order valence-electron chi connectivity index (χ2n) is 6.30. The molecule has 1 fully saturated rings. The molecule has 0 aromatic heterocycles. The molecule has 1 atom stereocenters. The highest BCUT2D eigenvalue weighted by molar-refractivity contribution is 5.87. The number of amides is 2. The van der Waals surface area contributed by atoms with E-state index in [4.69, 9.17) is 4.74 Å². The van der Waals surface area contributed by atoms with Gasteiger partial charge in [0, 0.05) is 19.5 Å². The van der Waals surface area contributed by atoms with E-state index in [0.29, 0.717) is 5.75 Å². The Hall–Kier alpha value is -2.89. The fraction of sp³-hybridized carbons (Fsp3) is 0.300. The number of carbonyl (C=O) groups excluding carboxylic acids is 2. The Balaban J connectivity index is 1.49. The van der Waals surface area contributed by atoms with Gasteiger partial charge in [0.2, 0.25) is 5.67 Å². The summed E-state index contributed by atoms with van der Waals surface area (Å²) in [4.78, 5) is 25.8. The van der Waals surface area contributed by atoms with Crippen LogP contribution in [0.1, 0.15) is 12.0 Å². The molecule has 0 bridgehead atoms. The number of carbonyl (C=O) groups is 2. The molecule has 3 rings (SSSR count). The topological polar surface area (TPSA) is 58.6 Å². The number of hydrogen-bond acceptors (Lipinski definition) is 3. The highest BCUT2D eigenvalue weighted by atomic mass is 19.1. The number of para-hydroxylation sites is 1. The second kappa shape index (κ2) is 7.99. The summed E-state index contributed by atoms with van der Waals surface area (Å²) in [6.45, 7) is 0.0407. The number of benzene rings is 2. The van der Waals surface area contributed by atoms with Crippen LogP contribution in [-0.4, -0.2) is 42.1 Å². The molecule has 1 saturated heterocycles. The third kappa shape index (κ3) is 4.39. The van der Waals surface area contributed by atoms with Gasteiger partial charge < -0.3 is 15.0 Å². The highest BCUT2D eigenvalue weighted by Crippen LogP contribution is 2.26. The maximum atomic E-state index is 14.9. The van der Waals surface area contributed by atoms with Crippen LogP contribution in [0, 0.1) is 0 Å². The van der Waals surface area contributed by atoms with Crippen LogP contribution in [0.5, 0.6) is 5.75 Å². The summed E-state index contributed by atoms with van der Waals surface area (Å²) in [5, 5.41) is 2.62. The lowest BCUT2D eigenvalue weighted by molar-refractivity contribution is -0.135. The molecule has 1 heterocycles. The third-order valence-electron chi connectivity index (χ3n) is 4.38. The maximum Gasteiger partial charge on any atom is 0.260 e. The van der Waals surface area contributed by atoms with Crippen LogP contribution >= 0.6 is 0 Å². The van der Waals surface area contributed by atoms with Gasteiger partial charge in [0.15, 0.2) is 6.61 Å². The van der Waals surface area contributed by atoms with Crippen molar-refractivity contribution in [2.45, 2.75) is 18.6 Å². The average Bonchev–Trinajstić information content (AvgIpc) is 3.09. The summed E-state index contributed by atoms with van der Waals surface area (Å²) >= 11 is 0. The minimum absolute atomic E-state index is 0.00923. The first-order valence-corrected chi connectivity index (χ1v) is 8.54. The minimum atomic E-state index is -2.06. The zero-order valence-electron chi connectivity index (χ0n) is 14.4. The van der Waals surface area contributed by atoms with Crippen LogP contribution in [0.15, 0.2) is 60.7 Å². The van der Waals surface area contributed by atoms with E-state index < -0.39 is 11.6 Å². The van der Waals surface area contributed by atoms with Crippen molar-refractivity contribution in [2.75, 3.05) is 19.7 Å². The van der Waals surface area contributed by atoms with Gasteiger partial charge in [0.1, 0.15) is 5.75 Å². The average molecular weight is 356 g/mol. The van der Waals surface area contributed by atoms with Gasteiger partial charge in [0.25, 0.3) is 11.8 Å².